The standard InChI is InChI=1S/C15H12ClN5O3S/c1-24-14-4-2-12(3-5-14)20-15(17-18-19-20)25-9-10-6-11(16)8-13(7-10)21(22)23/h2-8H,9H2,1H3. The van der Waals surface area contributed by atoms with Crippen molar-refractivity contribution >= 4 is 29.1 Å². The summed E-state index contributed by atoms with van der Waals surface area (Å²) < 4.78 is 6.72. The quantitative estimate of drug-likeness (QED) is 0.368. The molecule has 0 spiro atoms. The average Bonchev–Trinajstić information content (AvgIpc) is 3.08. The molecular formula is C15H12ClN5O3S. The number of hydrogen-bond acceptors (Lipinski definition) is 7. The lowest BCUT2D eigenvalue weighted by Gasteiger charge is -2.06. The summed E-state index contributed by atoms with van der Waals surface area (Å²) in [5.74, 6) is 1.18. The molecule has 1 heterocycles. The minimum atomic E-state index is -0.471. The first-order valence-electron chi connectivity index (χ1n) is 7.06. The summed E-state index contributed by atoms with van der Waals surface area (Å²) in [6, 6.07) is 11.8. The Kier molecular flexibility index (Phi) is 5.15. The molecule has 10 heteroatoms. The fourth-order valence-electron chi connectivity index (χ4n) is 2.12. The second-order valence-electron chi connectivity index (χ2n) is 4.93. The van der Waals surface area contributed by atoms with Crippen LogP contribution in [-0.4, -0.2) is 32.2 Å². The van der Waals surface area contributed by atoms with Crippen molar-refractivity contribution in [3.63, 3.8) is 0 Å². The van der Waals surface area contributed by atoms with Gasteiger partial charge in [-0.3, -0.25) is 10.1 Å². The predicted octanol–water partition coefficient (Wildman–Crippen LogP) is 3.52. The number of methoxy groups -OCH3 is 1. The van der Waals surface area contributed by atoms with Crippen molar-refractivity contribution < 1.29 is 9.66 Å². The van der Waals surface area contributed by atoms with Crippen molar-refractivity contribution in [2.24, 2.45) is 0 Å². The van der Waals surface area contributed by atoms with Gasteiger partial charge in [-0.25, -0.2) is 0 Å². The number of non-ortho nitro benzene ring substituents is 1. The third-order valence-electron chi connectivity index (χ3n) is 3.28. The Labute approximate surface area is 151 Å². The summed E-state index contributed by atoms with van der Waals surface area (Å²) in [7, 11) is 1.59. The van der Waals surface area contributed by atoms with E-state index >= 15 is 0 Å². The predicted molar refractivity (Wildman–Crippen MR) is 93.4 cm³/mol. The number of tetrazole rings is 1. The zero-order chi connectivity index (χ0) is 17.8. The Hall–Kier alpha value is -2.65. The monoisotopic (exact) mass is 377 g/mol. The molecule has 0 radical (unpaired) electrons. The molecule has 0 saturated heterocycles. The molecule has 3 aromatic rings. The molecule has 25 heavy (non-hydrogen) atoms. The number of thioether (sulfide) groups is 1. The summed E-state index contributed by atoms with van der Waals surface area (Å²) >= 11 is 7.29. The van der Waals surface area contributed by atoms with Gasteiger partial charge in [-0.15, -0.1) is 5.10 Å². The third kappa shape index (κ3) is 4.06. The van der Waals surface area contributed by atoms with Crippen LogP contribution in [0.25, 0.3) is 5.69 Å². The Morgan fingerprint density at radius 3 is 2.72 bits per heavy atom. The van der Waals surface area contributed by atoms with Crippen molar-refractivity contribution in [1.29, 1.82) is 0 Å². The fourth-order valence-corrected chi connectivity index (χ4v) is 3.20. The Morgan fingerprint density at radius 1 is 1.28 bits per heavy atom. The summed E-state index contributed by atoms with van der Waals surface area (Å²) in [6.45, 7) is 0. The lowest BCUT2D eigenvalue weighted by atomic mass is 10.2. The molecule has 128 valence electrons. The topological polar surface area (TPSA) is 96.0 Å². The second-order valence-corrected chi connectivity index (χ2v) is 6.31. The highest BCUT2D eigenvalue weighted by molar-refractivity contribution is 7.98. The van der Waals surface area contributed by atoms with E-state index in [0.29, 0.717) is 21.5 Å². The van der Waals surface area contributed by atoms with Gasteiger partial charge < -0.3 is 4.74 Å². The molecule has 8 nitrogen and oxygen atoms in total. The molecule has 1 aromatic heterocycles. The van der Waals surface area contributed by atoms with Gasteiger partial charge in [0.15, 0.2) is 0 Å². The Balaban J connectivity index is 1.79. The summed E-state index contributed by atoms with van der Waals surface area (Å²) in [5, 5.41) is 23.5. The number of nitro benzene ring substituents is 1. The van der Waals surface area contributed by atoms with Gasteiger partial charge in [-0.2, -0.15) is 4.68 Å². The van der Waals surface area contributed by atoms with Crippen molar-refractivity contribution in [2.75, 3.05) is 7.11 Å². The van der Waals surface area contributed by atoms with Gasteiger partial charge in [-0.1, -0.05) is 23.4 Å². The molecule has 0 bridgehead atoms. The SMILES string of the molecule is COc1ccc(-n2nnnc2SCc2cc(Cl)cc([N+](=O)[O-])c2)cc1. The number of hydrogen-bond donors (Lipinski definition) is 0. The highest BCUT2D eigenvalue weighted by Crippen LogP contribution is 2.27. The van der Waals surface area contributed by atoms with Crippen LogP contribution in [-0.2, 0) is 5.75 Å². The van der Waals surface area contributed by atoms with Gasteiger partial charge in [0.05, 0.1) is 17.7 Å². The van der Waals surface area contributed by atoms with Gasteiger partial charge in [-0.05, 0) is 46.3 Å². The fraction of sp³-hybridized carbons (Fsp3) is 0.133. The second kappa shape index (κ2) is 7.49. The van der Waals surface area contributed by atoms with Gasteiger partial charge in [0, 0.05) is 22.9 Å². The number of rotatable bonds is 6. The molecule has 3 rings (SSSR count). The zero-order valence-corrected chi connectivity index (χ0v) is 14.6. The molecule has 0 amide bonds. The van der Waals surface area contributed by atoms with Crippen LogP contribution in [0.3, 0.4) is 0 Å². The number of ether oxygens (including phenoxy) is 1. The van der Waals surface area contributed by atoms with E-state index in [9.17, 15) is 10.1 Å². The molecular weight excluding hydrogens is 366 g/mol. The van der Waals surface area contributed by atoms with E-state index in [1.165, 1.54) is 23.9 Å². The van der Waals surface area contributed by atoms with Crippen LogP contribution in [0.4, 0.5) is 5.69 Å². The summed E-state index contributed by atoms with van der Waals surface area (Å²) in [4.78, 5) is 10.5. The van der Waals surface area contributed by atoms with E-state index in [0.717, 1.165) is 11.4 Å². The first kappa shape index (κ1) is 17.2. The highest BCUT2D eigenvalue weighted by atomic mass is 35.5. The van der Waals surface area contributed by atoms with Gasteiger partial charge in [0.25, 0.3) is 5.69 Å². The van der Waals surface area contributed by atoms with Gasteiger partial charge in [0.2, 0.25) is 5.16 Å². The van der Waals surface area contributed by atoms with Crippen LogP contribution in [0.5, 0.6) is 5.75 Å². The Morgan fingerprint density at radius 2 is 2.04 bits per heavy atom. The maximum atomic E-state index is 10.9. The number of benzene rings is 2. The first-order chi connectivity index (χ1) is 12.1. The van der Waals surface area contributed by atoms with Crippen LogP contribution in [0.2, 0.25) is 5.02 Å². The van der Waals surface area contributed by atoms with Crippen molar-refractivity contribution in [1.82, 2.24) is 20.2 Å². The number of aromatic nitrogens is 4. The number of nitrogens with zero attached hydrogens (tertiary/aromatic N) is 5. The molecule has 0 saturated carbocycles. The van der Waals surface area contributed by atoms with E-state index in [2.05, 4.69) is 15.5 Å². The summed E-state index contributed by atoms with van der Waals surface area (Å²) in [6.07, 6.45) is 0. The maximum absolute atomic E-state index is 10.9. The van der Waals surface area contributed by atoms with E-state index in [1.54, 1.807) is 17.9 Å². The molecule has 0 fully saturated rings. The Bertz CT molecular complexity index is 900. The molecule has 0 aliphatic carbocycles. The van der Waals surface area contributed by atoms with Gasteiger partial charge in [0.1, 0.15) is 5.75 Å². The zero-order valence-electron chi connectivity index (χ0n) is 13.0. The minimum Gasteiger partial charge on any atom is -0.497 e. The van der Waals surface area contributed by atoms with Crippen LogP contribution >= 0.6 is 23.4 Å². The third-order valence-corrected chi connectivity index (χ3v) is 4.49. The molecule has 0 atom stereocenters. The molecule has 0 aliphatic rings. The van der Waals surface area contributed by atoms with E-state index < -0.39 is 4.92 Å². The first-order valence-corrected chi connectivity index (χ1v) is 8.42. The molecule has 0 unspecified atom stereocenters. The largest absolute Gasteiger partial charge is 0.497 e. The van der Waals surface area contributed by atoms with Crippen molar-refractivity contribution in [3.05, 3.63) is 63.2 Å². The van der Waals surface area contributed by atoms with Crippen molar-refractivity contribution in [3.8, 4) is 11.4 Å². The molecule has 2 aromatic carbocycles. The van der Waals surface area contributed by atoms with E-state index in [4.69, 9.17) is 16.3 Å². The highest BCUT2D eigenvalue weighted by Gasteiger charge is 2.12. The lowest BCUT2D eigenvalue weighted by molar-refractivity contribution is -0.384. The van der Waals surface area contributed by atoms with Gasteiger partial charge >= 0.3 is 0 Å². The average molecular weight is 378 g/mol. The molecule has 0 N–H and O–H groups in total. The molecule has 0 aliphatic heterocycles. The number of halogens is 1. The normalized spacial score (nSPS) is 10.6. The smallest absolute Gasteiger partial charge is 0.271 e. The van der Waals surface area contributed by atoms with Crippen LogP contribution in [0, 0.1) is 10.1 Å². The maximum Gasteiger partial charge on any atom is 0.271 e. The number of nitro groups is 1. The van der Waals surface area contributed by atoms with Crippen molar-refractivity contribution in [2.45, 2.75) is 10.9 Å². The van der Waals surface area contributed by atoms with Crippen LogP contribution in [0.1, 0.15) is 5.56 Å². The minimum absolute atomic E-state index is 0.0437. The van der Waals surface area contributed by atoms with E-state index in [-0.39, 0.29) is 5.69 Å². The summed E-state index contributed by atoms with van der Waals surface area (Å²) in [5.41, 5.74) is 1.46. The lowest BCUT2D eigenvalue weighted by Crippen LogP contribution is -1.99. The van der Waals surface area contributed by atoms with Crippen LogP contribution in [0.15, 0.2) is 47.6 Å². The van der Waals surface area contributed by atoms with E-state index in [1.807, 2.05) is 24.3 Å². The van der Waals surface area contributed by atoms with Crippen LogP contribution < -0.4 is 4.74 Å².